The Labute approximate surface area is 172 Å². The summed E-state index contributed by atoms with van der Waals surface area (Å²) in [6.07, 6.45) is 3.91. The maximum atomic E-state index is 12.4. The van der Waals surface area contributed by atoms with E-state index in [4.69, 9.17) is 5.73 Å². The van der Waals surface area contributed by atoms with Gasteiger partial charge in [-0.2, -0.15) is 0 Å². The number of nitrogens with zero attached hydrogens (tertiary/aromatic N) is 1. The molecule has 8 heteroatoms. The number of halogens is 2. The van der Waals surface area contributed by atoms with Crippen LogP contribution >= 0.6 is 24.8 Å². The average Bonchev–Trinajstić information content (AvgIpc) is 2.61. The quantitative estimate of drug-likeness (QED) is 0.649. The Kier molecular flexibility index (Phi) is 11.3. The number of hydrogen-bond donors (Lipinski definition) is 3. The second kappa shape index (κ2) is 12.3. The van der Waals surface area contributed by atoms with Gasteiger partial charge in [0.25, 0.3) is 11.8 Å². The van der Waals surface area contributed by atoms with E-state index in [-0.39, 0.29) is 42.7 Å². The van der Waals surface area contributed by atoms with Gasteiger partial charge in [0, 0.05) is 36.2 Å². The molecule has 27 heavy (non-hydrogen) atoms. The number of amides is 2. The summed E-state index contributed by atoms with van der Waals surface area (Å²) in [5, 5.41) is 5.71. The number of benzene rings is 1. The van der Waals surface area contributed by atoms with Crippen molar-refractivity contribution in [1.82, 2.24) is 10.3 Å². The number of nitrogens with one attached hydrogen (secondary N) is 2. The largest absolute Gasteiger partial charge is 0.348 e. The number of nitrogens with two attached hydrogens (primary N) is 1. The lowest BCUT2D eigenvalue weighted by Gasteiger charge is -2.19. The number of carbonyl (C=O) groups excluding carboxylic acids is 2. The van der Waals surface area contributed by atoms with E-state index in [9.17, 15) is 9.59 Å². The molecule has 0 saturated carbocycles. The average molecular weight is 413 g/mol. The molecule has 1 aromatic heterocycles. The van der Waals surface area contributed by atoms with Crippen LogP contribution in [0.3, 0.4) is 0 Å². The highest BCUT2D eigenvalue weighted by atomic mass is 35.5. The van der Waals surface area contributed by atoms with Crippen molar-refractivity contribution >= 4 is 42.3 Å². The molecule has 1 unspecified atom stereocenters. The van der Waals surface area contributed by atoms with Crippen molar-refractivity contribution in [3.05, 3.63) is 59.9 Å². The molecule has 0 spiro atoms. The lowest BCUT2D eigenvalue weighted by molar-refractivity contribution is 0.0932. The number of aromatic nitrogens is 1. The van der Waals surface area contributed by atoms with Gasteiger partial charge in [0.15, 0.2) is 0 Å². The molecule has 4 N–H and O–H groups in total. The van der Waals surface area contributed by atoms with E-state index >= 15 is 0 Å². The number of rotatable bonds is 7. The van der Waals surface area contributed by atoms with Gasteiger partial charge in [0.1, 0.15) is 0 Å². The molecule has 0 bridgehead atoms. The van der Waals surface area contributed by atoms with Crippen molar-refractivity contribution in [3.63, 3.8) is 0 Å². The van der Waals surface area contributed by atoms with Crippen molar-refractivity contribution in [3.8, 4) is 0 Å². The maximum Gasteiger partial charge on any atom is 0.257 e. The van der Waals surface area contributed by atoms with Gasteiger partial charge in [-0.25, -0.2) is 0 Å². The van der Waals surface area contributed by atoms with E-state index < -0.39 is 0 Å². The Morgan fingerprint density at radius 2 is 1.78 bits per heavy atom. The van der Waals surface area contributed by atoms with Crippen LogP contribution < -0.4 is 16.4 Å². The van der Waals surface area contributed by atoms with Crippen LogP contribution in [0.5, 0.6) is 0 Å². The van der Waals surface area contributed by atoms with Gasteiger partial charge in [-0.15, -0.1) is 24.8 Å². The first-order chi connectivity index (χ1) is 12.0. The summed E-state index contributed by atoms with van der Waals surface area (Å²) in [7, 11) is 0. The third kappa shape index (κ3) is 7.95. The van der Waals surface area contributed by atoms with Gasteiger partial charge >= 0.3 is 0 Å². The molecule has 6 nitrogen and oxygen atoms in total. The topological polar surface area (TPSA) is 97.1 Å². The third-order valence-electron chi connectivity index (χ3n) is 3.68. The third-order valence-corrected chi connectivity index (χ3v) is 3.68. The highest BCUT2D eigenvalue weighted by Crippen LogP contribution is 2.13. The first-order valence-corrected chi connectivity index (χ1v) is 8.32. The van der Waals surface area contributed by atoms with Gasteiger partial charge in [-0.05, 0) is 42.7 Å². The summed E-state index contributed by atoms with van der Waals surface area (Å²) in [5.74, 6) is -0.0298. The van der Waals surface area contributed by atoms with E-state index in [1.165, 1.54) is 6.20 Å². The fourth-order valence-corrected chi connectivity index (χ4v) is 2.49. The molecule has 2 rings (SSSR count). The van der Waals surface area contributed by atoms with Crippen molar-refractivity contribution in [2.45, 2.75) is 26.3 Å². The van der Waals surface area contributed by atoms with E-state index in [1.807, 2.05) is 0 Å². The highest BCUT2D eigenvalue weighted by molar-refractivity contribution is 6.04. The van der Waals surface area contributed by atoms with Gasteiger partial charge in [-0.3, -0.25) is 14.6 Å². The molecular weight excluding hydrogens is 387 g/mol. The Morgan fingerprint density at radius 1 is 1.07 bits per heavy atom. The summed E-state index contributed by atoms with van der Waals surface area (Å²) in [5.41, 5.74) is 7.21. The fraction of sp³-hybridized carbons (Fsp3) is 0.316. The first-order valence-electron chi connectivity index (χ1n) is 8.32. The standard InChI is InChI=1S/C19H24N4O2.2ClH/c1-13(2)9-17(11-20)23-18(24)14-5-3-7-16(10-14)22-19(25)15-6-4-8-21-12-15;;/h3-8,10,12-13,17H,9,11,20H2,1-2H3,(H,22,25)(H,23,24);2*1H. The lowest BCUT2D eigenvalue weighted by Crippen LogP contribution is -2.41. The molecule has 2 amide bonds. The van der Waals surface area contributed by atoms with E-state index in [2.05, 4.69) is 29.5 Å². The molecule has 0 fully saturated rings. The Bertz CT molecular complexity index is 727. The summed E-state index contributed by atoms with van der Waals surface area (Å²) >= 11 is 0. The van der Waals surface area contributed by atoms with Crippen molar-refractivity contribution in [1.29, 1.82) is 0 Å². The highest BCUT2D eigenvalue weighted by Gasteiger charge is 2.14. The summed E-state index contributed by atoms with van der Waals surface area (Å²) in [6, 6.07) is 10.1. The summed E-state index contributed by atoms with van der Waals surface area (Å²) < 4.78 is 0. The predicted octanol–water partition coefficient (Wildman–Crippen LogP) is 3.28. The number of anilines is 1. The van der Waals surface area contributed by atoms with E-state index in [0.717, 1.165) is 6.42 Å². The van der Waals surface area contributed by atoms with Crippen LogP contribution in [0.2, 0.25) is 0 Å². The van der Waals surface area contributed by atoms with E-state index in [1.54, 1.807) is 42.6 Å². The minimum absolute atomic E-state index is 0. The molecule has 0 aliphatic heterocycles. The first kappa shape index (κ1) is 24.8. The minimum atomic E-state index is -0.273. The Balaban J connectivity index is 0.00000338. The summed E-state index contributed by atoms with van der Waals surface area (Å²) in [4.78, 5) is 28.5. The lowest BCUT2D eigenvalue weighted by atomic mass is 10.0. The van der Waals surface area contributed by atoms with Crippen LogP contribution in [0.1, 0.15) is 41.0 Å². The van der Waals surface area contributed by atoms with Crippen LogP contribution in [0, 0.1) is 5.92 Å². The molecule has 0 aliphatic rings. The van der Waals surface area contributed by atoms with Crippen LogP contribution in [0.4, 0.5) is 5.69 Å². The van der Waals surface area contributed by atoms with Crippen LogP contribution in [0.25, 0.3) is 0 Å². The van der Waals surface area contributed by atoms with Crippen LogP contribution in [-0.4, -0.2) is 29.4 Å². The van der Waals surface area contributed by atoms with Crippen molar-refractivity contribution < 1.29 is 9.59 Å². The van der Waals surface area contributed by atoms with Gasteiger partial charge in [0.2, 0.25) is 0 Å². The molecular formula is C19H26Cl2N4O2. The number of pyridine rings is 1. The monoisotopic (exact) mass is 412 g/mol. The van der Waals surface area contributed by atoms with Crippen LogP contribution in [-0.2, 0) is 0 Å². The summed E-state index contributed by atoms with van der Waals surface area (Å²) in [6.45, 7) is 4.56. The zero-order valence-electron chi connectivity index (χ0n) is 15.3. The van der Waals surface area contributed by atoms with Gasteiger partial charge in [0.05, 0.1) is 5.56 Å². The van der Waals surface area contributed by atoms with E-state index in [0.29, 0.717) is 29.3 Å². The predicted molar refractivity (Wildman–Crippen MR) is 113 cm³/mol. The normalized spacial score (nSPS) is 11.0. The molecule has 1 atom stereocenters. The van der Waals surface area contributed by atoms with Crippen molar-refractivity contribution in [2.75, 3.05) is 11.9 Å². The Morgan fingerprint density at radius 3 is 2.37 bits per heavy atom. The molecule has 2 aromatic rings. The smallest absolute Gasteiger partial charge is 0.257 e. The molecule has 1 aromatic carbocycles. The second-order valence-electron chi connectivity index (χ2n) is 6.31. The molecule has 0 radical (unpaired) electrons. The fourth-order valence-electron chi connectivity index (χ4n) is 2.49. The maximum absolute atomic E-state index is 12.4. The minimum Gasteiger partial charge on any atom is -0.348 e. The van der Waals surface area contributed by atoms with Crippen LogP contribution in [0.15, 0.2) is 48.8 Å². The van der Waals surface area contributed by atoms with Crippen molar-refractivity contribution in [2.24, 2.45) is 11.7 Å². The SMILES string of the molecule is CC(C)CC(CN)NC(=O)c1cccc(NC(=O)c2cccnc2)c1.Cl.Cl. The Hall–Kier alpha value is -2.15. The zero-order valence-corrected chi connectivity index (χ0v) is 17.0. The molecule has 148 valence electrons. The number of hydrogen-bond acceptors (Lipinski definition) is 4. The number of carbonyl (C=O) groups is 2. The molecule has 1 heterocycles. The zero-order chi connectivity index (χ0) is 18.2. The molecule has 0 aliphatic carbocycles. The second-order valence-corrected chi connectivity index (χ2v) is 6.31. The van der Waals surface area contributed by atoms with Gasteiger partial charge in [-0.1, -0.05) is 19.9 Å². The van der Waals surface area contributed by atoms with Gasteiger partial charge < -0.3 is 16.4 Å². The molecule has 0 saturated heterocycles.